The van der Waals surface area contributed by atoms with Crippen LogP contribution in [0, 0.1) is 0 Å². The summed E-state index contributed by atoms with van der Waals surface area (Å²) in [6.07, 6.45) is 0. The van der Waals surface area contributed by atoms with Crippen molar-refractivity contribution in [2.45, 2.75) is 0 Å². The Hall–Kier alpha value is -8.48. The number of ether oxygens (including phenoxy) is 10. The molecular weight excluding hydrogens is 1020 g/mol. The zero-order valence-electron chi connectivity index (χ0n) is 43.8. The lowest BCUT2D eigenvalue weighted by atomic mass is 9.88. The minimum Gasteiger partial charge on any atom is -0.487 e. The number of hydrogen-bond donors (Lipinski definition) is 0. The number of aromatic nitrogens is 2. The van der Waals surface area contributed by atoms with Gasteiger partial charge in [0.2, 0.25) is 0 Å². The SMILES string of the molecule is O=c1c2cc3cc4c(-c5ccccc5)c5c(=O)n(-c6ccc7c(c6)OCCOCCOCCOCCO7)c(=O)c5cc4cc3c(-c3ccccc3)c2c(=O)n1-c1ccc(-c2ccc3c(c2)OCCOCCOCCOCCO3)cc1. The maximum atomic E-state index is 15.1. The molecule has 0 saturated heterocycles. The fraction of sp³-hybridized carbons (Fsp3) is 0.250. The first kappa shape index (κ1) is 52.2. The molecule has 80 heavy (non-hydrogen) atoms. The van der Waals surface area contributed by atoms with Crippen molar-refractivity contribution >= 4 is 43.1 Å². The van der Waals surface area contributed by atoms with Crippen molar-refractivity contribution in [3.8, 4) is 67.8 Å². The molecule has 10 aromatic rings. The predicted octanol–water partition coefficient (Wildman–Crippen LogP) is 8.84. The second-order valence-corrected chi connectivity index (χ2v) is 19.2. The average Bonchev–Trinajstić information content (AvgIpc) is 4.09. The summed E-state index contributed by atoms with van der Waals surface area (Å²) in [4.78, 5) is 59.9. The largest absolute Gasteiger partial charge is 0.487 e. The van der Waals surface area contributed by atoms with Crippen molar-refractivity contribution in [3.05, 3.63) is 187 Å². The summed E-state index contributed by atoms with van der Waals surface area (Å²) in [5.41, 5.74) is 2.95. The van der Waals surface area contributed by atoms with Gasteiger partial charge in [0, 0.05) is 17.2 Å². The van der Waals surface area contributed by atoms with E-state index >= 15 is 9.59 Å². The van der Waals surface area contributed by atoms with Crippen molar-refractivity contribution in [2.75, 3.05) is 106 Å². The van der Waals surface area contributed by atoms with Crippen molar-refractivity contribution in [1.29, 1.82) is 0 Å². The summed E-state index contributed by atoms with van der Waals surface area (Å²) in [5, 5.41) is 3.64. The van der Waals surface area contributed by atoms with Crippen molar-refractivity contribution < 1.29 is 47.4 Å². The van der Waals surface area contributed by atoms with Crippen LogP contribution in [0.5, 0.6) is 23.0 Å². The summed E-state index contributed by atoms with van der Waals surface area (Å²) < 4.78 is 60.5. The summed E-state index contributed by atoms with van der Waals surface area (Å²) >= 11 is 0. The van der Waals surface area contributed by atoms with Gasteiger partial charge < -0.3 is 47.4 Å². The molecule has 0 bridgehead atoms. The second kappa shape index (κ2) is 23.9. The van der Waals surface area contributed by atoms with E-state index in [0.29, 0.717) is 158 Å². The highest BCUT2D eigenvalue weighted by atomic mass is 16.6. The number of nitrogens with zero attached hydrogens (tertiary/aromatic N) is 2. The average molecular weight is 1080 g/mol. The van der Waals surface area contributed by atoms with Crippen LogP contribution in [0.2, 0.25) is 0 Å². The highest BCUT2D eigenvalue weighted by molar-refractivity contribution is 6.20. The van der Waals surface area contributed by atoms with E-state index in [1.807, 2.05) is 103 Å². The fourth-order valence-electron chi connectivity index (χ4n) is 10.5. The molecule has 0 amide bonds. The van der Waals surface area contributed by atoms with Gasteiger partial charge >= 0.3 is 0 Å². The Morgan fingerprint density at radius 3 is 1.07 bits per heavy atom. The maximum absolute atomic E-state index is 15.1. The van der Waals surface area contributed by atoms with Gasteiger partial charge in [-0.25, -0.2) is 9.13 Å². The molecule has 0 spiro atoms. The Bertz CT molecular complexity index is 4070. The molecule has 0 aliphatic carbocycles. The van der Waals surface area contributed by atoms with Crippen LogP contribution in [-0.4, -0.2) is 115 Å². The summed E-state index contributed by atoms with van der Waals surface area (Å²) in [6, 6.07) is 44.3. The minimum absolute atomic E-state index is 0.182. The molecule has 0 unspecified atom stereocenters. The molecule has 0 saturated carbocycles. The van der Waals surface area contributed by atoms with Crippen LogP contribution < -0.4 is 41.2 Å². The standard InChI is InChI=1S/C64H56N2O14/c67-61-51-37-45-35-50-46(38-52-60(58(50)43-9-5-2-6-10-43)64(70)66(62(52)68)48-16-18-54-56(40-48)80-34-30-76-26-22-72-20-24-74-28-32-78-54)36-49(45)57(42-7-3-1-4-8-42)59(51)63(69)65(61)47-14-11-41(12-15-47)44-13-17-53-55(39-44)79-33-29-75-25-21-71-19-23-73-27-31-77-53/h1-18,35-40H,19-34H2. The summed E-state index contributed by atoms with van der Waals surface area (Å²) in [7, 11) is 0. The Morgan fingerprint density at radius 2 is 0.625 bits per heavy atom. The third kappa shape index (κ3) is 10.6. The van der Waals surface area contributed by atoms with Gasteiger partial charge in [0.1, 0.15) is 26.4 Å². The van der Waals surface area contributed by atoms with E-state index in [2.05, 4.69) is 0 Å². The van der Waals surface area contributed by atoms with Gasteiger partial charge in [-0.05, 0) is 104 Å². The van der Waals surface area contributed by atoms with E-state index in [4.69, 9.17) is 47.4 Å². The number of benzene rings is 8. The van der Waals surface area contributed by atoms with E-state index in [9.17, 15) is 9.59 Å². The van der Waals surface area contributed by atoms with E-state index in [1.165, 1.54) is 9.13 Å². The van der Waals surface area contributed by atoms with Crippen molar-refractivity contribution in [2.24, 2.45) is 0 Å². The molecule has 2 aromatic heterocycles. The Morgan fingerprint density at radius 1 is 0.275 bits per heavy atom. The molecule has 8 aromatic carbocycles. The van der Waals surface area contributed by atoms with E-state index in [0.717, 1.165) is 16.7 Å². The topological polar surface area (TPSA) is 170 Å². The van der Waals surface area contributed by atoms with E-state index in [1.54, 1.807) is 42.5 Å². The molecule has 0 radical (unpaired) electrons. The normalized spacial score (nSPS) is 15.8. The van der Waals surface area contributed by atoms with Crippen LogP contribution >= 0.6 is 0 Å². The molecule has 0 fully saturated rings. The molecule has 16 heteroatoms. The van der Waals surface area contributed by atoms with Crippen LogP contribution in [-0.2, 0) is 28.4 Å². The molecule has 4 heterocycles. The Labute approximate surface area is 458 Å². The molecule has 12 rings (SSSR count). The lowest BCUT2D eigenvalue weighted by molar-refractivity contribution is 0.00708. The molecule has 2 aliphatic rings. The maximum Gasteiger partial charge on any atom is 0.266 e. The highest BCUT2D eigenvalue weighted by Crippen LogP contribution is 2.42. The molecular formula is C64H56N2O14. The van der Waals surface area contributed by atoms with Gasteiger partial charge in [0.15, 0.2) is 23.0 Å². The molecule has 406 valence electrons. The smallest absolute Gasteiger partial charge is 0.266 e. The lowest BCUT2D eigenvalue weighted by Gasteiger charge is -2.15. The van der Waals surface area contributed by atoms with Gasteiger partial charge in [0.05, 0.1) is 112 Å². The Kier molecular flexibility index (Phi) is 15.6. The van der Waals surface area contributed by atoms with Crippen LogP contribution in [0.4, 0.5) is 0 Å². The lowest BCUT2D eigenvalue weighted by Crippen LogP contribution is -2.23. The third-order valence-electron chi connectivity index (χ3n) is 14.2. The van der Waals surface area contributed by atoms with Crippen LogP contribution in [0.25, 0.3) is 87.8 Å². The second-order valence-electron chi connectivity index (χ2n) is 19.2. The first-order chi connectivity index (χ1) is 39.4. The van der Waals surface area contributed by atoms with Gasteiger partial charge in [0.25, 0.3) is 22.2 Å². The quantitative estimate of drug-likeness (QED) is 0.150. The third-order valence-corrected chi connectivity index (χ3v) is 14.2. The van der Waals surface area contributed by atoms with Crippen LogP contribution in [0.1, 0.15) is 0 Å². The first-order valence-corrected chi connectivity index (χ1v) is 26.8. The van der Waals surface area contributed by atoms with Gasteiger partial charge in [-0.15, -0.1) is 0 Å². The zero-order chi connectivity index (χ0) is 54.4. The molecule has 16 nitrogen and oxygen atoms in total. The van der Waals surface area contributed by atoms with Gasteiger partial charge in [-0.1, -0.05) is 78.9 Å². The monoisotopic (exact) mass is 1080 g/mol. The Balaban J connectivity index is 0.963. The summed E-state index contributed by atoms with van der Waals surface area (Å²) in [6.45, 7) is 5.87. The van der Waals surface area contributed by atoms with Gasteiger partial charge in [-0.2, -0.15) is 0 Å². The number of hydrogen-bond acceptors (Lipinski definition) is 14. The number of fused-ring (bicyclic) bond motifs is 6. The van der Waals surface area contributed by atoms with E-state index < -0.39 is 22.2 Å². The molecule has 0 N–H and O–H groups in total. The van der Waals surface area contributed by atoms with Crippen LogP contribution in [0.15, 0.2) is 165 Å². The molecule has 2 aliphatic heterocycles. The summed E-state index contributed by atoms with van der Waals surface area (Å²) in [5.74, 6) is 1.86. The number of rotatable bonds is 5. The van der Waals surface area contributed by atoms with Gasteiger partial charge in [-0.3, -0.25) is 19.2 Å². The van der Waals surface area contributed by atoms with Crippen molar-refractivity contribution in [3.63, 3.8) is 0 Å². The first-order valence-electron chi connectivity index (χ1n) is 26.8. The van der Waals surface area contributed by atoms with E-state index in [-0.39, 0.29) is 41.4 Å². The zero-order valence-corrected chi connectivity index (χ0v) is 43.8. The van der Waals surface area contributed by atoms with Crippen molar-refractivity contribution in [1.82, 2.24) is 9.13 Å². The van der Waals surface area contributed by atoms with Crippen LogP contribution in [0.3, 0.4) is 0 Å². The molecule has 0 atom stereocenters. The fourth-order valence-corrected chi connectivity index (χ4v) is 10.5. The minimum atomic E-state index is -0.516. The highest BCUT2D eigenvalue weighted by Gasteiger charge is 2.26. The predicted molar refractivity (Wildman–Crippen MR) is 306 cm³/mol.